The molecule has 2 unspecified atom stereocenters. The summed E-state index contributed by atoms with van der Waals surface area (Å²) >= 11 is 1.99. The third-order valence-corrected chi connectivity index (χ3v) is 5.75. The van der Waals surface area contributed by atoms with Gasteiger partial charge in [0.1, 0.15) is 0 Å². The molecule has 0 bridgehead atoms. The number of carbonyl (C=O) groups excluding carboxylic acids is 2. The largest absolute Gasteiger partial charge is 0.304 e. The molecular formula is C15H26N2O2S. The molecule has 2 rings (SSSR count). The van der Waals surface area contributed by atoms with Crippen molar-refractivity contribution < 1.29 is 9.59 Å². The third kappa shape index (κ3) is 3.55. The van der Waals surface area contributed by atoms with E-state index in [1.54, 1.807) is 0 Å². The molecule has 2 fully saturated rings. The predicted molar refractivity (Wildman–Crippen MR) is 82.7 cm³/mol. The number of carbonyl (C=O) groups is 2. The van der Waals surface area contributed by atoms with Crippen molar-refractivity contribution in [1.82, 2.24) is 10.2 Å². The maximum atomic E-state index is 12.4. The highest BCUT2D eigenvalue weighted by Crippen LogP contribution is 2.25. The van der Waals surface area contributed by atoms with Crippen LogP contribution in [0.1, 0.15) is 52.4 Å². The Hall–Kier alpha value is -0.550. The molecule has 0 aromatic rings. The molecule has 2 aliphatic rings. The number of hydrogen-bond donors (Lipinski definition) is 1. The molecule has 0 aromatic carbocycles. The van der Waals surface area contributed by atoms with Crippen molar-refractivity contribution in [2.45, 2.75) is 69.7 Å². The van der Waals surface area contributed by atoms with Gasteiger partial charge in [0.25, 0.3) is 0 Å². The zero-order valence-electron chi connectivity index (χ0n) is 12.6. The van der Waals surface area contributed by atoms with Gasteiger partial charge in [0.15, 0.2) is 0 Å². The third-order valence-electron chi connectivity index (χ3n) is 4.36. The van der Waals surface area contributed by atoms with E-state index in [0.717, 1.165) is 19.4 Å². The Morgan fingerprint density at radius 2 is 2.05 bits per heavy atom. The number of nitrogens with one attached hydrogen (secondary N) is 1. The molecule has 20 heavy (non-hydrogen) atoms. The molecule has 0 spiro atoms. The van der Waals surface area contributed by atoms with Crippen LogP contribution < -0.4 is 5.32 Å². The minimum atomic E-state index is -0.286. The lowest BCUT2D eigenvalue weighted by Crippen LogP contribution is -2.45. The number of hydrogen-bond acceptors (Lipinski definition) is 4. The standard InChI is InChI=1S/C15H26N2O2S/c1-3-11(4-2)17-14(18)9-13(15(17)19)16-10-12-7-5-6-8-20-12/h11-13,16H,3-10H2,1-2H3. The van der Waals surface area contributed by atoms with Crippen LogP contribution in [0, 0.1) is 0 Å². The van der Waals surface area contributed by atoms with Crippen molar-refractivity contribution >= 4 is 23.6 Å². The summed E-state index contributed by atoms with van der Waals surface area (Å²) in [5.74, 6) is 1.21. The van der Waals surface area contributed by atoms with Gasteiger partial charge in [-0.05, 0) is 31.4 Å². The first-order chi connectivity index (χ1) is 9.67. The van der Waals surface area contributed by atoms with E-state index in [1.165, 1.54) is 29.9 Å². The average Bonchev–Trinajstić information content (AvgIpc) is 2.75. The molecule has 5 heteroatoms. The maximum Gasteiger partial charge on any atom is 0.247 e. The van der Waals surface area contributed by atoms with Gasteiger partial charge in [-0.25, -0.2) is 0 Å². The number of nitrogens with zero attached hydrogens (tertiary/aromatic N) is 1. The molecule has 4 nitrogen and oxygen atoms in total. The normalized spacial score (nSPS) is 27.6. The molecule has 0 radical (unpaired) electrons. The quantitative estimate of drug-likeness (QED) is 0.764. The number of likely N-dealkylation sites (tertiary alicyclic amines) is 1. The summed E-state index contributed by atoms with van der Waals surface area (Å²) in [5, 5.41) is 3.94. The van der Waals surface area contributed by atoms with Crippen molar-refractivity contribution in [1.29, 1.82) is 0 Å². The molecule has 0 aliphatic carbocycles. The van der Waals surface area contributed by atoms with E-state index >= 15 is 0 Å². The highest BCUT2D eigenvalue weighted by atomic mass is 32.2. The number of rotatable bonds is 6. The summed E-state index contributed by atoms with van der Waals surface area (Å²) in [7, 11) is 0. The first-order valence-electron chi connectivity index (χ1n) is 7.88. The molecule has 0 saturated carbocycles. The van der Waals surface area contributed by atoms with E-state index in [-0.39, 0.29) is 23.9 Å². The van der Waals surface area contributed by atoms with Gasteiger partial charge >= 0.3 is 0 Å². The predicted octanol–water partition coefficient (Wildman–Crippen LogP) is 2.18. The van der Waals surface area contributed by atoms with Gasteiger partial charge in [0.2, 0.25) is 11.8 Å². The summed E-state index contributed by atoms with van der Waals surface area (Å²) in [6.45, 7) is 4.92. The molecular weight excluding hydrogens is 272 g/mol. The maximum absolute atomic E-state index is 12.4. The summed E-state index contributed by atoms with van der Waals surface area (Å²) in [5.41, 5.74) is 0. The van der Waals surface area contributed by atoms with Gasteiger partial charge in [-0.15, -0.1) is 0 Å². The smallest absolute Gasteiger partial charge is 0.247 e. The lowest BCUT2D eigenvalue weighted by Gasteiger charge is -2.25. The molecule has 0 aromatic heterocycles. The molecule has 114 valence electrons. The van der Waals surface area contributed by atoms with Crippen LogP contribution in [0.4, 0.5) is 0 Å². The number of amides is 2. The highest BCUT2D eigenvalue weighted by molar-refractivity contribution is 7.99. The van der Waals surface area contributed by atoms with Crippen molar-refractivity contribution in [3.8, 4) is 0 Å². The van der Waals surface area contributed by atoms with Crippen molar-refractivity contribution in [3.63, 3.8) is 0 Å². The van der Waals surface area contributed by atoms with Crippen molar-refractivity contribution in [2.24, 2.45) is 0 Å². The van der Waals surface area contributed by atoms with Gasteiger partial charge < -0.3 is 5.32 Å². The summed E-state index contributed by atoms with van der Waals surface area (Å²) < 4.78 is 0. The van der Waals surface area contributed by atoms with E-state index in [2.05, 4.69) is 5.32 Å². The topological polar surface area (TPSA) is 49.4 Å². The summed E-state index contributed by atoms with van der Waals surface area (Å²) in [6.07, 6.45) is 5.86. The number of thioether (sulfide) groups is 1. The second-order valence-electron chi connectivity index (χ2n) is 5.73. The minimum absolute atomic E-state index is 0.00232. The van der Waals surface area contributed by atoms with Gasteiger partial charge in [-0.2, -0.15) is 11.8 Å². The molecule has 2 aliphatic heterocycles. The fourth-order valence-electron chi connectivity index (χ4n) is 3.09. The van der Waals surface area contributed by atoms with Gasteiger partial charge in [-0.1, -0.05) is 20.3 Å². The monoisotopic (exact) mass is 298 g/mol. The lowest BCUT2D eigenvalue weighted by atomic mass is 10.1. The van der Waals surface area contributed by atoms with E-state index < -0.39 is 0 Å². The van der Waals surface area contributed by atoms with Gasteiger partial charge in [0.05, 0.1) is 12.5 Å². The van der Waals surface area contributed by atoms with Crippen LogP contribution in [-0.4, -0.2) is 46.3 Å². The van der Waals surface area contributed by atoms with E-state index in [4.69, 9.17) is 0 Å². The van der Waals surface area contributed by atoms with Crippen LogP contribution in [0.15, 0.2) is 0 Å². The zero-order chi connectivity index (χ0) is 14.5. The van der Waals surface area contributed by atoms with Crippen molar-refractivity contribution in [3.05, 3.63) is 0 Å². The van der Waals surface area contributed by atoms with Crippen LogP contribution in [-0.2, 0) is 9.59 Å². The Bertz CT molecular complexity index is 352. The lowest BCUT2D eigenvalue weighted by molar-refractivity contribution is -0.141. The molecule has 2 amide bonds. The summed E-state index contributed by atoms with van der Waals surface area (Å²) in [6, 6.07) is -0.212. The van der Waals surface area contributed by atoms with E-state index in [1.807, 2.05) is 25.6 Å². The molecule has 1 N–H and O–H groups in total. The van der Waals surface area contributed by atoms with Crippen LogP contribution in [0.5, 0.6) is 0 Å². The number of imide groups is 1. The first kappa shape index (κ1) is 15.8. The zero-order valence-corrected chi connectivity index (χ0v) is 13.4. The van der Waals surface area contributed by atoms with E-state index in [0.29, 0.717) is 11.7 Å². The molecule has 2 saturated heterocycles. The fraction of sp³-hybridized carbons (Fsp3) is 0.867. The molecule has 2 atom stereocenters. The van der Waals surface area contributed by atoms with Gasteiger partial charge in [0, 0.05) is 17.8 Å². The Morgan fingerprint density at radius 1 is 1.30 bits per heavy atom. The van der Waals surface area contributed by atoms with Crippen LogP contribution >= 0.6 is 11.8 Å². The molecule has 2 heterocycles. The second-order valence-corrected chi connectivity index (χ2v) is 7.13. The highest BCUT2D eigenvalue weighted by Gasteiger charge is 2.41. The Morgan fingerprint density at radius 3 is 2.65 bits per heavy atom. The Balaban J connectivity index is 1.87. The minimum Gasteiger partial charge on any atom is -0.304 e. The van der Waals surface area contributed by atoms with E-state index in [9.17, 15) is 9.59 Å². The SMILES string of the molecule is CCC(CC)N1C(=O)CC(NCC2CCCCS2)C1=O. The van der Waals surface area contributed by atoms with Crippen LogP contribution in [0.2, 0.25) is 0 Å². The second kappa shape index (κ2) is 7.46. The van der Waals surface area contributed by atoms with Crippen molar-refractivity contribution in [2.75, 3.05) is 12.3 Å². The Kier molecular flexibility index (Phi) is 5.90. The Labute approximate surface area is 126 Å². The first-order valence-corrected chi connectivity index (χ1v) is 8.93. The summed E-state index contributed by atoms with van der Waals surface area (Å²) in [4.78, 5) is 26.0. The van der Waals surface area contributed by atoms with Crippen LogP contribution in [0.3, 0.4) is 0 Å². The fourth-order valence-corrected chi connectivity index (χ4v) is 4.34. The average molecular weight is 298 g/mol. The van der Waals surface area contributed by atoms with Gasteiger partial charge in [-0.3, -0.25) is 14.5 Å². The van der Waals surface area contributed by atoms with Crippen LogP contribution in [0.25, 0.3) is 0 Å².